The number of aliphatic hydroxyl groups is 1. The van der Waals surface area contributed by atoms with Crippen molar-refractivity contribution in [2.45, 2.75) is 71.6 Å². The first-order valence-electron chi connectivity index (χ1n) is 21.0. The van der Waals surface area contributed by atoms with Gasteiger partial charge in [0, 0.05) is 56.1 Å². The van der Waals surface area contributed by atoms with Crippen molar-refractivity contribution in [1.82, 2.24) is 25.2 Å². The standard InChI is InChI=1S/C46H56ClN8O5PS/c1-29-42(62-28-50-29)32-15-13-30(14-16-32)24-48-44(58)38-21-34(56)27-55(38)41(57)23-46(2,3)22-31-10-9-19-54(26-31)33-17-18-36(39(20-33)60-4)52-45-49-25-35(47)43(53-45)51-37-11-7-8-12-40(37)61(5,6)59/h7-8,11-18,20,25,28,31,34,38,56H,9-10,19,21-24,26-27H2,1-6H3,(H,48,58)(H2,49,51,52,53)/t31-,34+,38-/m0/s1. The Labute approximate surface area is 373 Å². The molecule has 2 aromatic heterocycles. The van der Waals surface area contributed by atoms with Gasteiger partial charge in [-0.25, -0.2) is 9.97 Å². The molecule has 0 aliphatic carbocycles. The SMILES string of the molecule is COc1cc(N2CCC[C@@H](CC(C)(C)CC(=O)N3C[C@H](O)C[C@H]3C(=O)NCc3ccc(-c4scnc4C)cc3)C2)ccc1Nc1ncc(Cl)c(Nc2ccccc2P(C)(C)=O)n1. The molecule has 0 spiro atoms. The van der Waals surface area contributed by atoms with Gasteiger partial charge in [-0.05, 0) is 86.2 Å². The molecule has 328 valence electrons. The molecule has 0 bridgehead atoms. The third-order valence-corrected chi connectivity index (χ3v) is 14.4. The Balaban J connectivity index is 0.943. The van der Waals surface area contributed by atoms with Gasteiger partial charge in [0.2, 0.25) is 17.8 Å². The lowest BCUT2D eigenvalue weighted by Gasteiger charge is -2.38. The van der Waals surface area contributed by atoms with Gasteiger partial charge in [0.15, 0.2) is 5.82 Å². The van der Waals surface area contributed by atoms with Crippen molar-refractivity contribution < 1.29 is 24.0 Å². The highest BCUT2D eigenvalue weighted by Gasteiger charge is 2.41. The number of aliphatic hydroxyl groups excluding tert-OH is 1. The molecule has 2 aliphatic rings. The quantitative estimate of drug-likeness (QED) is 0.0745. The number of benzene rings is 3. The lowest BCUT2D eigenvalue weighted by molar-refractivity contribution is -0.140. The maximum Gasteiger partial charge on any atom is 0.243 e. The first-order valence-corrected chi connectivity index (χ1v) is 24.8. The van der Waals surface area contributed by atoms with E-state index in [1.54, 1.807) is 36.7 Å². The molecule has 4 heterocycles. The second-order valence-corrected chi connectivity index (χ2v) is 22.0. The van der Waals surface area contributed by atoms with E-state index in [-0.39, 0.29) is 36.6 Å². The molecule has 5 aromatic rings. The number of nitrogens with one attached hydrogen (secondary N) is 3. The van der Waals surface area contributed by atoms with Gasteiger partial charge >= 0.3 is 0 Å². The maximum absolute atomic E-state index is 13.9. The summed E-state index contributed by atoms with van der Waals surface area (Å²) in [5, 5.41) is 21.1. The Morgan fingerprint density at radius 3 is 2.53 bits per heavy atom. The van der Waals surface area contributed by atoms with Crippen LogP contribution in [-0.4, -0.2) is 89.0 Å². The Morgan fingerprint density at radius 2 is 1.81 bits per heavy atom. The first kappa shape index (κ1) is 45.0. The Kier molecular flexibility index (Phi) is 13.9. The van der Waals surface area contributed by atoms with Gasteiger partial charge < -0.3 is 40.2 Å². The van der Waals surface area contributed by atoms with Crippen LogP contribution in [-0.2, 0) is 20.7 Å². The van der Waals surface area contributed by atoms with Crippen molar-refractivity contribution in [3.05, 3.63) is 94.7 Å². The molecule has 2 saturated heterocycles. The highest BCUT2D eigenvalue weighted by molar-refractivity contribution is 7.70. The van der Waals surface area contributed by atoms with E-state index in [1.807, 2.05) is 73.1 Å². The number of methoxy groups -OCH3 is 1. The van der Waals surface area contributed by atoms with E-state index in [2.05, 4.69) is 55.7 Å². The first-order chi connectivity index (χ1) is 29.6. The van der Waals surface area contributed by atoms with Crippen LogP contribution < -0.4 is 30.9 Å². The number of amides is 2. The lowest BCUT2D eigenvalue weighted by Crippen LogP contribution is -2.47. The number of halogens is 1. The van der Waals surface area contributed by atoms with Gasteiger partial charge in [-0.3, -0.25) is 9.59 Å². The largest absolute Gasteiger partial charge is 0.494 e. The summed E-state index contributed by atoms with van der Waals surface area (Å²) in [5.41, 5.74) is 6.91. The minimum atomic E-state index is -2.57. The fraction of sp³-hybridized carbons (Fsp3) is 0.413. The number of ether oxygens (including phenoxy) is 1. The predicted molar refractivity (Wildman–Crippen MR) is 250 cm³/mol. The average Bonchev–Trinajstić information content (AvgIpc) is 3.86. The number of para-hydroxylation sites is 1. The summed E-state index contributed by atoms with van der Waals surface area (Å²) in [5.74, 6) is 1.30. The summed E-state index contributed by atoms with van der Waals surface area (Å²) >= 11 is 8.10. The van der Waals surface area contributed by atoms with Crippen LogP contribution in [0.25, 0.3) is 10.4 Å². The number of aromatic nitrogens is 3. The second-order valence-electron chi connectivity index (χ2n) is 17.5. The fourth-order valence-corrected chi connectivity index (χ4v) is 10.7. The third kappa shape index (κ3) is 10.9. The number of piperidine rings is 1. The van der Waals surface area contributed by atoms with Gasteiger partial charge in [-0.1, -0.05) is 61.8 Å². The minimum absolute atomic E-state index is 0.110. The number of likely N-dealkylation sites (tertiary alicyclic amines) is 1. The molecule has 0 radical (unpaired) electrons. The molecule has 13 nitrogen and oxygen atoms in total. The van der Waals surface area contributed by atoms with E-state index in [4.69, 9.17) is 16.3 Å². The molecule has 2 fully saturated rings. The molecule has 3 aromatic carbocycles. The summed E-state index contributed by atoms with van der Waals surface area (Å²) in [6.07, 6.45) is 4.16. The predicted octanol–water partition coefficient (Wildman–Crippen LogP) is 8.61. The van der Waals surface area contributed by atoms with Crippen LogP contribution in [0, 0.1) is 18.3 Å². The molecule has 62 heavy (non-hydrogen) atoms. The van der Waals surface area contributed by atoms with Gasteiger partial charge in [0.25, 0.3) is 0 Å². The van der Waals surface area contributed by atoms with Crippen molar-refractivity contribution >= 4 is 76.0 Å². The Hall–Kier alpha value is -5.01. The van der Waals surface area contributed by atoms with Crippen molar-refractivity contribution in [1.29, 1.82) is 0 Å². The number of nitrogens with zero attached hydrogens (tertiary/aromatic N) is 5. The van der Waals surface area contributed by atoms with E-state index < -0.39 is 19.3 Å². The Morgan fingerprint density at radius 1 is 1.03 bits per heavy atom. The average molecular weight is 899 g/mol. The highest BCUT2D eigenvalue weighted by atomic mass is 35.5. The van der Waals surface area contributed by atoms with Crippen molar-refractivity contribution in [3.63, 3.8) is 0 Å². The molecular weight excluding hydrogens is 843 g/mol. The number of β-amino-alcohol motifs (C(OH)–C–C–N with tert-alkyl or cyclic N) is 1. The van der Waals surface area contributed by atoms with Crippen LogP contribution in [0.1, 0.15) is 57.2 Å². The van der Waals surface area contributed by atoms with Gasteiger partial charge in [-0.2, -0.15) is 4.98 Å². The zero-order chi connectivity index (χ0) is 44.2. The number of carbonyl (C=O) groups is 2. The van der Waals surface area contributed by atoms with Crippen LogP contribution in [0.5, 0.6) is 5.75 Å². The van der Waals surface area contributed by atoms with Crippen molar-refractivity contribution in [2.75, 3.05) is 55.6 Å². The summed E-state index contributed by atoms with van der Waals surface area (Å²) in [7, 11) is -0.945. The zero-order valence-corrected chi connectivity index (χ0v) is 38.6. The number of hydrogen-bond donors (Lipinski definition) is 4. The van der Waals surface area contributed by atoms with E-state index >= 15 is 0 Å². The van der Waals surface area contributed by atoms with Crippen molar-refractivity contribution in [3.8, 4) is 16.2 Å². The smallest absolute Gasteiger partial charge is 0.243 e. The van der Waals surface area contributed by atoms with Crippen molar-refractivity contribution in [2.24, 2.45) is 11.3 Å². The summed E-state index contributed by atoms with van der Waals surface area (Å²) in [6, 6.07) is 20.8. The monoisotopic (exact) mass is 898 g/mol. The highest BCUT2D eigenvalue weighted by Crippen LogP contribution is 2.40. The molecule has 0 saturated carbocycles. The van der Waals surface area contributed by atoms with Crippen LogP contribution >= 0.6 is 30.1 Å². The van der Waals surface area contributed by atoms with E-state index in [9.17, 15) is 19.3 Å². The number of hydrogen-bond acceptors (Lipinski definition) is 12. The molecule has 0 unspecified atom stereocenters. The van der Waals surface area contributed by atoms with Crippen LogP contribution in [0.2, 0.25) is 5.02 Å². The van der Waals surface area contributed by atoms with Crippen LogP contribution in [0.3, 0.4) is 0 Å². The molecule has 4 N–H and O–H groups in total. The molecule has 2 amide bonds. The van der Waals surface area contributed by atoms with E-state index in [0.717, 1.165) is 59.7 Å². The fourth-order valence-electron chi connectivity index (χ4n) is 8.62. The topological polar surface area (TPSA) is 162 Å². The molecular formula is C46H56ClN8O5PS. The van der Waals surface area contributed by atoms with Crippen LogP contribution in [0.15, 0.2) is 78.4 Å². The van der Waals surface area contributed by atoms with Crippen LogP contribution in [0.4, 0.5) is 28.8 Å². The second kappa shape index (κ2) is 19.2. The summed E-state index contributed by atoms with van der Waals surface area (Å²) in [4.78, 5) is 45.8. The van der Waals surface area contributed by atoms with Gasteiger partial charge in [0.1, 0.15) is 24.0 Å². The van der Waals surface area contributed by atoms with Gasteiger partial charge in [0.05, 0.1) is 46.9 Å². The number of aryl methyl sites for hydroxylation is 1. The van der Waals surface area contributed by atoms with Gasteiger partial charge in [-0.15, -0.1) is 11.3 Å². The zero-order valence-electron chi connectivity index (χ0n) is 36.2. The molecule has 16 heteroatoms. The third-order valence-electron chi connectivity index (χ3n) is 11.6. The van der Waals surface area contributed by atoms with E-state index in [1.165, 1.54) is 6.20 Å². The number of rotatable bonds is 15. The normalized spacial score (nSPS) is 18.1. The minimum Gasteiger partial charge on any atom is -0.494 e. The molecule has 7 rings (SSSR count). The van der Waals surface area contributed by atoms with E-state index in [0.29, 0.717) is 51.7 Å². The summed E-state index contributed by atoms with van der Waals surface area (Å²) < 4.78 is 18.8. The number of carbonyl (C=O) groups excluding carboxylic acids is 2. The maximum atomic E-state index is 13.9. The number of thiazole rings is 1. The lowest BCUT2D eigenvalue weighted by atomic mass is 9.77. The molecule has 2 aliphatic heterocycles. The molecule has 3 atom stereocenters. The number of anilines is 5. The Bertz CT molecular complexity index is 2440. The summed E-state index contributed by atoms with van der Waals surface area (Å²) in [6.45, 7) is 11.9.